The second kappa shape index (κ2) is 7.89. The van der Waals surface area contributed by atoms with Gasteiger partial charge in [0.1, 0.15) is 0 Å². The van der Waals surface area contributed by atoms with Crippen molar-refractivity contribution < 1.29 is 13.5 Å². The predicted molar refractivity (Wildman–Crippen MR) is 123 cm³/mol. The van der Waals surface area contributed by atoms with Crippen molar-refractivity contribution in [3.05, 3.63) is 48.3 Å². The molecule has 2 aromatic heterocycles. The minimum absolute atomic E-state index is 0.0721. The summed E-state index contributed by atoms with van der Waals surface area (Å²) in [6.45, 7) is 0.632. The first-order valence-electron chi connectivity index (χ1n) is 10.4. The Morgan fingerprint density at radius 1 is 1.16 bits per heavy atom. The number of thiazole rings is 1. The molecule has 2 atom stereocenters. The van der Waals surface area contributed by atoms with E-state index in [0.717, 1.165) is 52.1 Å². The molecule has 4 aromatic rings. The molecule has 0 saturated heterocycles. The Balaban J connectivity index is 1.38. The molecule has 0 spiro atoms. The van der Waals surface area contributed by atoms with Crippen LogP contribution in [0.5, 0.6) is 0 Å². The molecule has 5 rings (SSSR count). The van der Waals surface area contributed by atoms with E-state index in [2.05, 4.69) is 27.4 Å². The molecule has 0 aliphatic heterocycles. The summed E-state index contributed by atoms with van der Waals surface area (Å²) in [6.07, 6.45) is 6.66. The van der Waals surface area contributed by atoms with E-state index < -0.39 is 9.84 Å². The van der Waals surface area contributed by atoms with Crippen LogP contribution >= 0.6 is 11.3 Å². The first-order chi connectivity index (χ1) is 14.9. The van der Waals surface area contributed by atoms with Crippen molar-refractivity contribution in [3.63, 3.8) is 0 Å². The summed E-state index contributed by atoms with van der Waals surface area (Å²) in [5.74, 6) is 0. The average molecular weight is 457 g/mol. The molecule has 2 N–H and O–H groups in total. The lowest BCUT2D eigenvalue weighted by atomic mass is 9.93. The number of hydrogen-bond donors (Lipinski definition) is 2. The molecule has 0 bridgehead atoms. The number of nitrogens with one attached hydrogen (secondary N) is 1. The van der Waals surface area contributed by atoms with E-state index in [1.165, 1.54) is 6.26 Å². The summed E-state index contributed by atoms with van der Waals surface area (Å²) in [5, 5.41) is 14.5. The number of anilines is 1. The molecule has 162 valence electrons. The van der Waals surface area contributed by atoms with Gasteiger partial charge in [-0.25, -0.2) is 18.4 Å². The van der Waals surface area contributed by atoms with Gasteiger partial charge in [-0.15, -0.1) is 0 Å². The van der Waals surface area contributed by atoms with Gasteiger partial charge in [-0.05, 0) is 48.7 Å². The van der Waals surface area contributed by atoms with Crippen LogP contribution in [0.4, 0.5) is 5.13 Å². The predicted octanol–water partition coefficient (Wildman–Crippen LogP) is 3.81. The Kier molecular flexibility index (Phi) is 5.19. The minimum atomic E-state index is -3.26. The Bertz CT molecular complexity index is 1360. The highest BCUT2D eigenvalue weighted by atomic mass is 32.2. The number of aliphatic hydroxyl groups is 1. The number of sulfone groups is 1. The highest BCUT2D eigenvalue weighted by molar-refractivity contribution is 7.90. The van der Waals surface area contributed by atoms with Crippen molar-refractivity contribution in [2.45, 2.75) is 49.3 Å². The zero-order chi connectivity index (χ0) is 21.6. The standard InChI is InChI=1S/C22H24N4O3S2/c1-31(28,29)15-7-9-19-18(11-15)23-13-26(19)12-14-6-8-17-21(10-14)30-22(25-17)24-16-4-2-3-5-20(16)27/h6-11,13,16,20,27H,2-5,12H2,1H3,(H,24,25). The van der Waals surface area contributed by atoms with Gasteiger partial charge in [0.25, 0.3) is 0 Å². The van der Waals surface area contributed by atoms with E-state index in [9.17, 15) is 13.5 Å². The summed E-state index contributed by atoms with van der Waals surface area (Å²) in [6, 6.07) is 11.3. The molecule has 9 heteroatoms. The highest BCUT2D eigenvalue weighted by Crippen LogP contribution is 2.30. The SMILES string of the molecule is CS(=O)(=O)c1ccc2c(c1)ncn2Cc1ccc2nc(NC3CCCCC3O)sc2c1. The van der Waals surface area contributed by atoms with Crippen molar-refractivity contribution in [2.75, 3.05) is 11.6 Å². The van der Waals surface area contributed by atoms with Crippen LogP contribution in [0.1, 0.15) is 31.2 Å². The number of rotatable bonds is 5. The maximum Gasteiger partial charge on any atom is 0.184 e. The van der Waals surface area contributed by atoms with Crippen LogP contribution in [0.15, 0.2) is 47.6 Å². The Morgan fingerprint density at radius 3 is 2.81 bits per heavy atom. The molecule has 2 heterocycles. The Hall–Kier alpha value is -2.49. The fraction of sp³-hybridized carbons (Fsp3) is 0.364. The fourth-order valence-corrected chi connectivity index (χ4v) is 5.80. The van der Waals surface area contributed by atoms with Crippen LogP contribution in [0.2, 0.25) is 0 Å². The zero-order valence-corrected chi connectivity index (χ0v) is 18.8. The van der Waals surface area contributed by atoms with Crippen molar-refractivity contribution in [3.8, 4) is 0 Å². The summed E-state index contributed by atoms with van der Waals surface area (Å²) >= 11 is 1.60. The van der Waals surface area contributed by atoms with Gasteiger partial charge >= 0.3 is 0 Å². The molecule has 1 saturated carbocycles. The molecular formula is C22H24N4O3S2. The number of nitrogens with zero attached hydrogens (tertiary/aromatic N) is 3. The molecule has 1 fully saturated rings. The number of aromatic nitrogens is 3. The maximum atomic E-state index is 11.8. The topological polar surface area (TPSA) is 97.1 Å². The van der Waals surface area contributed by atoms with E-state index in [4.69, 9.17) is 0 Å². The van der Waals surface area contributed by atoms with Crippen LogP contribution in [-0.4, -0.2) is 46.5 Å². The molecule has 31 heavy (non-hydrogen) atoms. The fourth-order valence-electron chi connectivity index (χ4n) is 4.16. The zero-order valence-electron chi connectivity index (χ0n) is 17.2. The second-order valence-electron chi connectivity index (χ2n) is 8.22. The first kappa shape index (κ1) is 20.4. The maximum absolute atomic E-state index is 11.8. The molecular weight excluding hydrogens is 432 g/mol. The van der Waals surface area contributed by atoms with E-state index in [1.54, 1.807) is 35.9 Å². The number of imidazole rings is 1. The van der Waals surface area contributed by atoms with Crippen LogP contribution in [-0.2, 0) is 16.4 Å². The Labute approximate surface area is 184 Å². The van der Waals surface area contributed by atoms with Gasteiger partial charge in [0.05, 0.1) is 44.6 Å². The third kappa shape index (κ3) is 4.17. The lowest BCUT2D eigenvalue weighted by molar-refractivity contribution is 0.116. The third-order valence-corrected chi connectivity index (χ3v) is 7.92. The minimum Gasteiger partial charge on any atom is -0.391 e. The molecule has 1 aliphatic carbocycles. The number of fused-ring (bicyclic) bond motifs is 2. The van der Waals surface area contributed by atoms with Gasteiger partial charge in [0, 0.05) is 12.8 Å². The van der Waals surface area contributed by atoms with Gasteiger partial charge in [-0.2, -0.15) is 0 Å². The molecule has 0 amide bonds. The molecule has 0 radical (unpaired) electrons. The summed E-state index contributed by atoms with van der Waals surface area (Å²) in [4.78, 5) is 9.34. The van der Waals surface area contributed by atoms with Gasteiger partial charge in [0.15, 0.2) is 15.0 Å². The van der Waals surface area contributed by atoms with E-state index in [-0.39, 0.29) is 17.0 Å². The lowest BCUT2D eigenvalue weighted by Gasteiger charge is -2.27. The monoisotopic (exact) mass is 456 g/mol. The molecule has 1 aliphatic rings. The van der Waals surface area contributed by atoms with E-state index >= 15 is 0 Å². The highest BCUT2D eigenvalue weighted by Gasteiger charge is 2.23. The van der Waals surface area contributed by atoms with Gasteiger partial charge in [-0.1, -0.05) is 30.2 Å². The summed E-state index contributed by atoms with van der Waals surface area (Å²) in [5.41, 5.74) is 3.62. The average Bonchev–Trinajstić information content (AvgIpc) is 3.32. The molecule has 7 nitrogen and oxygen atoms in total. The van der Waals surface area contributed by atoms with Gasteiger partial charge in [-0.3, -0.25) is 0 Å². The van der Waals surface area contributed by atoms with Crippen LogP contribution in [0, 0.1) is 0 Å². The normalized spacial score (nSPS) is 19.8. The van der Waals surface area contributed by atoms with Crippen LogP contribution in [0.25, 0.3) is 21.3 Å². The summed E-state index contributed by atoms with van der Waals surface area (Å²) in [7, 11) is -3.26. The number of hydrogen-bond acceptors (Lipinski definition) is 7. The van der Waals surface area contributed by atoms with Gasteiger partial charge in [0.2, 0.25) is 0 Å². The molecule has 2 unspecified atom stereocenters. The second-order valence-corrected chi connectivity index (χ2v) is 11.3. The van der Waals surface area contributed by atoms with E-state index in [1.807, 2.05) is 10.6 Å². The van der Waals surface area contributed by atoms with Gasteiger partial charge < -0.3 is 15.0 Å². The third-order valence-electron chi connectivity index (χ3n) is 5.86. The quantitative estimate of drug-likeness (QED) is 0.474. The molecule has 2 aromatic carbocycles. The summed E-state index contributed by atoms with van der Waals surface area (Å²) < 4.78 is 26.7. The largest absolute Gasteiger partial charge is 0.391 e. The smallest absolute Gasteiger partial charge is 0.184 e. The van der Waals surface area contributed by atoms with Crippen molar-refractivity contribution in [2.24, 2.45) is 0 Å². The Morgan fingerprint density at radius 2 is 2.00 bits per heavy atom. The first-order valence-corrected chi connectivity index (χ1v) is 13.1. The lowest BCUT2D eigenvalue weighted by Crippen LogP contribution is -2.36. The van der Waals surface area contributed by atoms with Crippen molar-refractivity contribution in [1.82, 2.24) is 14.5 Å². The van der Waals surface area contributed by atoms with Crippen LogP contribution < -0.4 is 5.32 Å². The number of aliphatic hydroxyl groups excluding tert-OH is 1. The van der Waals surface area contributed by atoms with Crippen molar-refractivity contribution >= 4 is 47.6 Å². The van der Waals surface area contributed by atoms with E-state index in [0.29, 0.717) is 12.1 Å². The van der Waals surface area contributed by atoms with Crippen LogP contribution in [0.3, 0.4) is 0 Å². The number of benzene rings is 2. The van der Waals surface area contributed by atoms with Crippen molar-refractivity contribution in [1.29, 1.82) is 0 Å².